The van der Waals surface area contributed by atoms with Crippen LogP contribution in [0.1, 0.15) is 40.4 Å². The lowest BCUT2D eigenvalue weighted by molar-refractivity contribution is 0.0688. The Hall–Kier alpha value is -2.37. The number of piperidine rings is 1. The number of halogens is 2. The zero-order valence-electron chi connectivity index (χ0n) is 14.7. The summed E-state index contributed by atoms with van der Waals surface area (Å²) in [6.45, 7) is 2.10. The van der Waals surface area contributed by atoms with Crippen molar-refractivity contribution in [2.24, 2.45) is 0 Å². The van der Waals surface area contributed by atoms with Crippen LogP contribution in [-0.4, -0.2) is 34.0 Å². The third-order valence-corrected chi connectivity index (χ3v) is 5.73. The number of H-pyrrole nitrogens is 1. The van der Waals surface area contributed by atoms with Gasteiger partial charge >= 0.3 is 5.97 Å². The number of hydrogen-bond donors (Lipinski definition) is 2. The number of carboxylic acids is 1. The second-order valence-corrected chi connectivity index (χ2v) is 7.42. The summed E-state index contributed by atoms with van der Waals surface area (Å²) in [6.07, 6.45) is 1.59. The van der Waals surface area contributed by atoms with E-state index < -0.39 is 5.97 Å². The summed E-state index contributed by atoms with van der Waals surface area (Å²) in [5.41, 5.74) is 2.49. The number of aromatic amines is 1. The van der Waals surface area contributed by atoms with Crippen molar-refractivity contribution in [3.05, 3.63) is 70.1 Å². The molecule has 1 aromatic heterocycles. The zero-order chi connectivity index (χ0) is 19.0. The molecule has 0 saturated carbocycles. The lowest BCUT2D eigenvalue weighted by atomic mass is 9.88. The predicted octanol–water partition coefficient (Wildman–Crippen LogP) is 5.04. The number of carboxylic acid groups (broad SMARTS) is 1. The minimum Gasteiger partial charge on any atom is -0.477 e. The van der Waals surface area contributed by atoms with Gasteiger partial charge in [-0.2, -0.15) is 0 Å². The molecule has 27 heavy (non-hydrogen) atoms. The molecule has 4 nitrogen and oxygen atoms in total. The van der Waals surface area contributed by atoms with E-state index in [1.165, 1.54) is 6.07 Å². The predicted molar refractivity (Wildman–Crippen MR) is 104 cm³/mol. The highest BCUT2D eigenvalue weighted by molar-refractivity contribution is 6.31. The van der Waals surface area contributed by atoms with E-state index in [2.05, 4.69) is 9.88 Å². The second kappa shape index (κ2) is 7.33. The van der Waals surface area contributed by atoms with E-state index in [9.17, 15) is 14.3 Å². The third-order valence-electron chi connectivity index (χ3n) is 5.40. The number of para-hydroxylation sites is 1. The van der Waals surface area contributed by atoms with Crippen LogP contribution in [0, 0.1) is 5.82 Å². The average Bonchev–Trinajstić information content (AvgIpc) is 3.02. The molecule has 2 N–H and O–H groups in total. The number of nitrogens with zero attached hydrogens (tertiary/aromatic N) is 1. The first-order valence-electron chi connectivity index (χ1n) is 9.03. The van der Waals surface area contributed by atoms with E-state index in [4.69, 9.17) is 11.6 Å². The summed E-state index contributed by atoms with van der Waals surface area (Å²) >= 11 is 6.21. The fraction of sp³-hybridized carbons (Fsp3) is 0.286. The first-order chi connectivity index (χ1) is 13.0. The number of benzene rings is 2. The molecular weight excluding hydrogens is 367 g/mol. The van der Waals surface area contributed by atoms with Gasteiger partial charge < -0.3 is 10.1 Å². The quantitative estimate of drug-likeness (QED) is 0.660. The lowest BCUT2D eigenvalue weighted by Gasteiger charge is -2.32. The van der Waals surface area contributed by atoms with Crippen molar-refractivity contribution in [2.45, 2.75) is 25.3 Å². The van der Waals surface area contributed by atoms with Gasteiger partial charge in [0.2, 0.25) is 0 Å². The van der Waals surface area contributed by atoms with Crippen LogP contribution in [0.2, 0.25) is 5.02 Å². The molecule has 1 saturated heterocycles. The highest BCUT2D eigenvalue weighted by atomic mass is 35.5. The number of likely N-dealkylation sites (tertiary alicyclic amines) is 1. The average molecular weight is 387 g/mol. The van der Waals surface area contributed by atoms with Gasteiger partial charge in [-0.1, -0.05) is 35.9 Å². The molecule has 6 heteroatoms. The molecule has 0 radical (unpaired) electrons. The highest BCUT2D eigenvalue weighted by Gasteiger charge is 2.26. The minimum absolute atomic E-state index is 0.0943. The fourth-order valence-electron chi connectivity index (χ4n) is 4.05. The molecule has 0 unspecified atom stereocenters. The van der Waals surface area contributed by atoms with Crippen LogP contribution < -0.4 is 0 Å². The van der Waals surface area contributed by atoms with Gasteiger partial charge in [0.25, 0.3) is 0 Å². The van der Waals surface area contributed by atoms with Gasteiger partial charge in [-0.15, -0.1) is 0 Å². The minimum atomic E-state index is -0.950. The Balaban J connectivity index is 1.53. The lowest BCUT2D eigenvalue weighted by Crippen LogP contribution is -2.33. The first-order valence-corrected chi connectivity index (χ1v) is 9.41. The van der Waals surface area contributed by atoms with E-state index in [0.29, 0.717) is 17.1 Å². The number of nitrogens with one attached hydrogen (secondary N) is 1. The maximum absolute atomic E-state index is 14.2. The summed E-state index contributed by atoms with van der Waals surface area (Å²) in [5, 5.41) is 11.0. The molecule has 4 rings (SSSR count). The maximum Gasteiger partial charge on any atom is 0.352 e. The number of rotatable bonds is 4. The van der Waals surface area contributed by atoms with E-state index in [1.54, 1.807) is 12.1 Å². The molecule has 2 heterocycles. The summed E-state index contributed by atoms with van der Waals surface area (Å²) < 4.78 is 14.2. The van der Waals surface area contributed by atoms with Gasteiger partial charge in [0.05, 0.1) is 0 Å². The summed E-state index contributed by atoms with van der Waals surface area (Å²) in [7, 11) is 0. The Kier molecular flexibility index (Phi) is 4.89. The van der Waals surface area contributed by atoms with Gasteiger partial charge in [-0.3, -0.25) is 4.90 Å². The molecule has 0 aliphatic carbocycles. The monoisotopic (exact) mass is 386 g/mol. The molecule has 0 spiro atoms. The Morgan fingerprint density at radius 3 is 2.63 bits per heavy atom. The Labute approximate surface area is 161 Å². The van der Waals surface area contributed by atoms with Gasteiger partial charge in [-0.25, -0.2) is 9.18 Å². The number of aromatic nitrogens is 1. The molecule has 0 amide bonds. The van der Waals surface area contributed by atoms with Crippen LogP contribution in [0.25, 0.3) is 10.9 Å². The van der Waals surface area contributed by atoms with Crippen LogP contribution in [0.15, 0.2) is 42.5 Å². The van der Waals surface area contributed by atoms with Crippen LogP contribution >= 0.6 is 11.6 Å². The normalized spacial score (nSPS) is 16.1. The molecule has 1 fully saturated rings. The van der Waals surface area contributed by atoms with E-state index in [0.717, 1.165) is 42.4 Å². The van der Waals surface area contributed by atoms with Gasteiger partial charge in [0.1, 0.15) is 11.5 Å². The maximum atomic E-state index is 14.2. The van der Waals surface area contributed by atoms with E-state index in [-0.39, 0.29) is 17.4 Å². The summed E-state index contributed by atoms with van der Waals surface area (Å²) in [6, 6.07) is 12.4. The molecule has 1 aliphatic heterocycles. The van der Waals surface area contributed by atoms with Crippen molar-refractivity contribution in [2.75, 3.05) is 13.1 Å². The molecule has 2 aromatic carbocycles. The molecule has 0 bridgehead atoms. The molecule has 3 aromatic rings. The van der Waals surface area contributed by atoms with Gasteiger partial charge in [0, 0.05) is 33.6 Å². The Morgan fingerprint density at radius 2 is 1.93 bits per heavy atom. The largest absolute Gasteiger partial charge is 0.477 e. The SMILES string of the molecule is O=C(O)c1[nH]c2ccccc2c1CN1CCC(c2c(F)cccc2Cl)CC1. The third kappa shape index (κ3) is 3.45. The summed E-state index contributed by atoms with van der Waals surface area (Å²) in [5.74, 6) is -1.10. The van der Waals surface area contributed by atoms with Crippen molar-refractivity contribution in [1.29, 1.82) is 0 Å². The van der Waals surface area contributed by atoms with Crippen molar-refractivity contribution >= 4 is 28.5 Å². The van der Waals surface area contributed by atoms with Crippen LogP contribution in [0.3, 0.4) is 0 Å². The topological polar surface area (TPSA) is 56.3 Å². The second-order valence-electron chi connectivity index (χ2n) is 7.02. The summed E-state index contributed by atoms with van der Waals surface area (Å²) in [4.78, 5) is 16.9. The number of fused-ring (bicyclic) bond motifs is 1. The Morgan fingerprint density at radius 1 is 1.19 bits per heavy atom. The fourth-order valence-corrected chi connectivity index (χ4v) is 4.37. The molecule has 1 aliphatic rings. The molecular formula is C21H20ClFN2O2. The van der Waals surface area contributed by atoms with Crippen LogP contribution in [0.4, 0.5) is 4.39 Å². The number of aromatic carboxylic acids is 1. The van der Waals surface area contributed by atoms with Crippen molar-refractivity contribution in [3.8, 4) is 0 Å². The van der Waals surface area contributed by atoms with Crippen molar-refractivity contribution in [1.82, 2.24) is 9.88 Å². The van der Waals surface area contributed by atoms with Gasteiger partial charge in [-0.05, 0) is 50.0 Å². The first kappa shape index (κ1) is 18.0. The number of hydrogen-bond acceptors (Lipinski definition) is 2. The molecule has 0 atom stereocenters. The van der Waals surface area contributed by atoms with Crippen molar-refractivity contribution < 1.29 is 14.3 Å². The standard InChI is InChI=1S/C21H20ClFN2O2/c22-16-5-3-6-17(23)19(16)13-8-10-25(11-9-13)12-15-14-4-1-2-7-18(14)24-20(15)21(26)27/h1-7,13,24H,8-12H2,(H,26,27). The smallest absolute Gasteiger partial charge is 0.352 e. The van der Waals surface area contributed by atoms with Crippen LogP contribution in [-0.2, 0) is 6.54 Å². The van der Waals surface area contributed by atoms with E-state index >= 15 is 0 Å². The van der Waals surface area contributed by atoms with Crippen LogP contribution in [0.5, 0.6) is 0 Å². The molecule has 140 valence electrons. The highest BCUT2D eigenvalue weighted by Crippen LogP contribution is 2.35. The van der Waals surface area contributed by atoms with E-state index in [1.807, 2.05) is 24.3 Å². The Bertz CT molecular complexity index is 973. The number of carbonyl (C=O) groups is 1. The zero-order valence-corrected chi connectivity index (χ0v) is 15.5. The van der Waals surface area contributed by atoms with Crippen molar-refractivity contribution in [3.63, 3.8) is 0 Å². The van der Waals surface area contributed by atoms with Gasteiger partial charge in [0.15, 0.2) is 0 Å².